The minimum Gasteiger partial charge on any atom is -0.337 e. The highest BCUT2D eigenvalue weighted by Crippen LogP contribution is 2.19. The first kappa shape index (κ1) is 12.6. The summed E-state index contributed by atoms with van der Waals surface area (Å²) in [5.41, 5.74) is 7.68. The van der Waals surface area contributed by atoms with Crippen LogP contribution in [0.1, 0.15) is 28.8 Å². The Morgan fingerprint density at radius 2 is 2.29 bits per heavy atom. The number of hydrogen-bond acceptors (Lipinski definition) is 2. The van der Waals surface area contributed by atoms with Gasteiger partial charge < -0.3 is 10.6 Å². The Bertz CT molecular complexity index is 433. The molecule has 1 aromatic rings. The Balaban J connectivity index is 2.18. The van der Waals surface area contributed by atoms with E-state index in [4.69, 9.17) is 5.73 Å². The van der Waals surface area contributed by atoms with Gasteiger partial charge in [0.2, 0.25) is 0 Å². The minimum atomic E-state index is 0.102. The Hall–Kier alpha value is -0.870. The molecular formula is C13H17BrN2O. The van der Waals surface area contributed by atoms with Gasteiger partial charge in [-0.15, -0.1) is 0 Å². The van der Waals surface area contributed by atoms with Crippen molar-refractivity contribution in [3.8, 4) is 0 Å². The molecule has 2 N–H and O–H groups in total. The van der Waals surface area contributed by atoms with Crippen LogP contribution in [0.25, 0.3) is 0 Å². The summed E-state index contributed by atoms with van der Waals surface area (Å²) in [6.45, 7) is 3.46. The average molecular weight is 297 g/mol. The van der Waals surface area contributed by atoms with Crippen molar-refractivity contribution in [2.75, 3.05) is 13.1 Å². The number of piperidine rings is 1. The molecule has 1 fully saturated rings. The molecule has 0 aromatic heterocycles. The summed E-state index contributed by atoms with van der Waals surface area (Å²) in [6.07, 6.45) is 2.02. The molecule has 1 saturated heterocycles. The van der Waals surface area contributed by atoms with Crippen molar-refractivity contribution in [3.63, 3.8) is 0 Å². The van der Waals surface area contributed by atoms with E-state index in [0.717, 1.165) is 35.0 Å². The molecule has 1 aliphatic rings. The topological polar surface area (TPSA) is 46.3 Å². The lowest BCUT2D eigenvalue weighted by Gasteiger charge is -2.31. The molecule has 0 spiro atoms. The van der Waals surface area contributed by atoms with Crippen molar-refractivity contribution < 1.29 is 4.79 Å². The number of carbonyl (C=O) groups excluding carboxylic acids is 1. The molecule has 0 saturated carbocycles. The van der Waals surface area contributed by atoms with Crippen LogP contribution in [-0.4, -0.2) is 29.9 Å². The van der Waals surface area contributed by atoms with Crippen molar-refractivity contribution in [2.24, 2.45) is 5.73 Å². The first-order valence-corrected chi connectivity index (χ1v) is 6.68. The lowest BCUT2D eigenvalue weighted by atomic mass is 10.0. The highest BCUT2D eigenvalue weighted by molar-refractivity contribution is 9.10. The number of nitrogens with two attached hydrogens (primary N) is 1. The van der Waals surface area contributed by atoms with Crippen LogP contribution in [0.3, 0.4) is 0 Å². The molecule has 0 bridgehead atoms. The van der Waals surface area contributed by atoms with Crippen LogP contribution in [0.15, 0.2) is 22.7 Å². The van der Waals surface area contributed by atoms with E-state index >= 15 is 0 Å². The molecule has 1 unspecified atom stereocenters. The molecule has 1 aromatic carbocycles. The third-order valence-corrected chi connectivity index (χ3v) is 3.66. The van der Waals surface area contributed by atoms with Crippen LogP contribution in [-0.2, 0) is 0 Å². The maximum absolute atomic E-state index is 12.3. The van der Waals surface area contributed by atoms with E-state index in [1.807, 2.05) is 30.0 Å². The second-order valence-corrected chi connectivity index (χ2v) is 5.53. The van der Waals surface area contributed by atoms with Crippen molar-refractivity contribution in [3.05, 3.63) is 33.8 Å². The molecule has 1 amide bonds. The van der Waals surface area contributed by atoms with Crippen LogP contribution < -0.4 is 5.73 Å². The van der Waals surface area contributed by atoms with Gasteiger partial charge in [0.25, 0.3) is 5.91 Å². The molecule has 0 aliphatic carbocycles. The van der Waals surface area contributed by atoms with E-state index in [9.17, 15) is 4.79 Å². The van der Waals surface area contributed by atoms with Crippen molar-refractivity contribution in [1.82, 2.24) is 4.90 Å². The molecule has 4 heteroatoms. The fourth-order valence-electron chi connectivity index (χ4n) is 2.23. The van der Waals surface area contributed by atoms with Crippen LogP contribution in [0.2, 0.25) is 0 Å². The normalized spacial score (nSPS) is 20.4. The largest absolute Gasteiger partial charge is 0.337 e. The average Bonchev–Trinajstić information content (AvgIpc) is 2.28. The molecule has 1 heterocycles. The van der Waals surface area contributed by atoms with Crippen molar-refractivity contribution >= 4 is 21.8 Å². The smallest absolute Gasteiger partial charge is 0.254 e. The third-order valence-electron chi connectivity index (χ3n) is 3.16. The van der Waals surface area contributed by atoms with Crippen LogP contribution >= 0.6 is 15.9 Å². The highest BCUT2D eigenvalue weighted by Gasteiger charge is 2.23. The number of nitrogens with zero attached hydrogens (tertiary/aromatic N) is 1. The van der Waals surface area contributed by atoms with Crippen LogP contribution in [0, 0.1) is 6.92 Å². The van der Waals surface area contributed by atoms with Gasteiger partial charge in [0.05, 0.1) is 0 Å². The van der Waals surface area contributed by atoms with Gasteiger partial charge in [-0.3, -0.25) is 4.79 Å². The number of likely N-dealkylation sites (tertiary alicyclic amines) is 1. The maximum atomic E-state index is 12.3. The molecule has 17 heavy (non-hydrogen) atoms. The predicted octanol–water partition coefficient (Wildman–Crippen LogP) is 2.32. The van der Waals surface area contributed by atoms with E-state index in [2.05, 4.69) is 15.9 Å². The Kier molecular flexibility index (Phi) is 3.84. The number of amides is 1. The number of carbonyl (C=O) groups is 1. The van der Waals surface area contributed by atoms with Gasteiger partial charge >= 0.3 is 0 Å². The number of halogens is 1. The highest BCUT2D eigenvalue weighted by atomic mass is 79.9. The van der Waals surface area contributed by atoms with Gasteiger partial charge in [-0.05, 0) is 43.5 Å². The summed E-state index contributed by atoms with van der Waals surface area (Å²) in [5, 5.41) is 0. The fraction of sp³-hybridized carbons (Fsp3) is 0.462. The molecule has 3 nitrogen and oxygen atoms in total. The SMILES string of the molecule is Cc1cc(Br)ccc1C(=O)N1CCCC(N)C1. The third kappa shape index (κ3) is 2.87. The summed E-state index contributed by atoms with van der Waals surface area (Å²) >= 11 is 3.41. The zero-order valence-electron chi connectivity index (χ0n) is 9.95. The fourth-order valence-corrected chi connectivity index (χ4v) is 2.71. The predicted molar refractivity (Wildman–Crippen MR) is 72.0 cm³/mol. The van der Waals surface area contributed by atoms with Crippen molar-refractivity contribution in [2.45, 2.75) is 25.8 Å². The van der Waals surface area contributed by atoms with E-state index < -0.39 is 0 Å². The second kappa shape index (κ2) is 5.19. The Labute approximate surface area is 110 Å². The van der Waals surface area contributed by atoms with Gasteiger partial charge in [0.15, 0.2) is 0 Å². The first-order valence-electron chi connectivity index (χ1n) is 5.89. The van der Waals surface area contributed by atoms with Crippen LogP contribution in [0.5, 0.6) is 0 Å². The van der Waals surface area contributed by atoms with E-state index in [0.29, 0.717) is 6.54 Å². The van der Waals surface area contributed by atoms with Gasteiger partial charge in [-0.1, -0.05) is 15.9 Å². The second-order valence-electron chi connectivity index (χ2n) is 4.61. The standard InChI is InChI=1S/C13H17BrN2O/c1-9-7-10(14)4-5-12(9)13(17)16-6-2-3-11(15)8-16/h4-5,7,11H,2-3,6,8,15H2,1H3. The Morgan fingerprint density at radius 1 is 1.53 bits per heavy atom. The van der Waals surface area contributed by atoms with E-state index in [-0.39, 0.29) is 11.9 Å². The minimum absolute atomic E-state index is 0.102. The quantitative estimate of drug-likeness (QED) is 0.864. The van der Waals surface area contributed by atoms with Crippen LogP contribution in [0.4, 0.5) is 0 Å². The number of rotatable bonds is 1. The van der Waals surface area contributed by atoms with Crippen molar-refractivity contribution in [1.29, 1.82) is 0 Å². The molecule has 1 atom stereocenters. The molecule has 0 radical (unpaired) electrons. The van der Waals surface area contributed by atoms with Gasteiger partial charge in [-0.25, -0.2) is 0 Å². The van der Waals surface area contributed by atoms with E-state index in [1.54, 1.807) is 0 Å². The number of benzene rings is 1. The zero-order valence-corrected chi connectivity index (χ0v) is 11.5. The molecule has 92 valence electrons. The summed E-state index contributed by atoms with van der Waals surface area (Å²) in [5.74, 6) is 0.102. The lowest BCUT2D eigenvalue weighted by molar-refractivity contribution is 0.0708. The summed E-state index contributed by atoms with van der Waals surface area (Å²) in [6, 6.07) is 5.88. The Morgan fingerprint density at radius 3 is 2.94 bits per heavy atom. The molecule has 2 rings (SSSR count). The monoisotopic (exact) mass is 296 g/mol. The summed E-state index contributed by atoms with van der Waals surface area (Å²) in [7, 11) is 0. The van der Waals surface area contributed by atoms with Gasteiger partial charge in [-0.2, -0.15) is 0 Å². The molecular weight excluding hydrogens is 280 g/mol. The summed E-state index contributed by atoms with van der Waals surface area (Å²) < 4.78 is 1.00. The summed E-state index contributed by atoms with van der Waals surface area (Å²) in [4.78, 5) is 14.2. The van der Waals surface area contributed by atoms with Gasteiger partial charge in [0.1, 0.15) is 0 Å². The first-order chi connectivity index (χ1) is 8.08. The maximum Gasteiger partial charge on any atom is 0.254 e. The number of aryl methyl sites for hydroxylation is 1. The van der Waals surface area contributed by atoms with E-state index in [1.165, 1.54) is 0 Å². The lowest BCUT2D eigenvalue weighted by Crippen LogP contribution is -2.45. The van der Waals surface area contributed by atoms with Gasteiger partial charge in [0, 0.05) is 29.2 Å². The zero-order chi connectivity index (χ0) is 12.4. The number of hydrogen-bond donors (Lipinski definition) is 1. The molecule has 1 aliphatic heterocycles.